The highest BCUT2D eigenvalue weighted by molar-refractivity contribution is 5.63. The van der Waals surface area contributed by atoms with Crippen LogP contribution in [-0.2, 0) is 0 Å². The number of rotatable bonds is 1. The molecule has 0 amide bonds. The molecule has 5 heteroatoms. The van der Waals surface area contributed by atoms with Crippen LogP contribution < -0.4 is 5.73 Å². The van der Waals surface area contributed by atoms with Gasteiger partial charge < -0.3 is 5.73 Å². The summed E-state index contributed by atoms with van der Waals surface area (Å²) < 4.78 is 0. The van der Waals surface area contributed by atoms with Gasteiger partial charge in [0, 0.05) is 29.2 Å². The summed E-state index contributed by atoms with van der Waals surface area (Å²) in [6.45, 7) is 1.94. The van der Waals surface area contributed by atoms with Crippen molar-refractivity contribution in [2.75, 3.05) is 5.73 Å². The van der Waals surface area contributed by atoms with Crippen LogP contribution in [0, 0.1) is 6.92 Å². The minimum Gasteiger partial charge on any atom is -0.368 e. The molecule has 13 heavy (non-hydrogen) atoms. The van der Waals surface area contributed by atoms with Gasteiger partial charge >= 0.3 is 0 Å². The Morgan fingerprint density at radius 2 is 1.92 bits per heavy atom. The Bertz CT molecular complexity index is 403. The summed E-state index contributed by atoms with van der Waals surface area (Å²) in [6, 6.07) is 0. The SMILES string of the molecule is Cc1[nH]ncc1-c1cnc(N)nc1. The van der Waals surface area contributed by atoms with E-state index in [1.165, 1.54) is 0 Å². The van der Waals surface area contributed by atoms with Crippen LogP contribution in [0.5, 0.6) is 0 Å². The fourth-order valence-corrected chi connectivity index (χ4v) is 1.12. The second-order valence-corrected chi connectivity index (χ2v) is 2.74. The molecule has 5 nitrogen and oxygen atoms in total. The smallest absolute Gasteiger partial charge is 0.219 e. The molecule has 2 aromatic rings. The normalized spacial score (nSPS) is 10.2. The van der Waals surface area contributed by atoms with Gasteiger partial charge in [-0.25, -0.2) is 9.97 Å². The molecule has 2 aromatic heterocycles. The lowest BCUT2D eigenvalue weighted by Gasteiger charge is -1.97. The molecule has 2 rings (SSSR count). The number of anilines is 1. The van der Waals surface area contributed by atoms with Gasteiger partial charge in [-0.1, -0.05) is 0 Å². The van der Waals surface area contributed by atoms with Gasteiger partial charge in [-0.05, 0) is 6.92 Å². The first-order chi connectivity index (χ1) is 6.27. The van der Waals surface area contributed by atoms with Crippen LogP contribution >= 0.6 is 0 Å². The number of nitrogens with zero attached hydrogens (tertiary/aromatic N) is 3. The van der Waals surface area contributed by atoms with Crippen LogP contribution in [0.15, 0.2) is 18.6 Å². The lowest BCUT2D eigenvalue weighted by Crippen LogP contribution is -1.93. The maximum absolute atomic E-state index is 5.37. The van der Waals surface area contributed by atoms with Crippen molar-refractivity contribution >= 4 is 5.95 Å². The first-order valence-electron chi connectivity index (χ1n) is 3.85. The Labute approximate surface area is 75.0 Å². The third kappa shape index (κ3) is 1.35. The third-order valence-corrected chi connectivity index (χ3v) is 1.81. The van der Waals surface area contributed by atoms with Crippen molar-refractivity contribution in [1.82, 2.24) is 20.2 Å². The predicted molar refractivity (Wildman–Crippen MR) is 48.8 cm³/mol. The maximum atomic E-state index is 5.37. The van der Waals surface area contributed by atoms with Crippen molar-refractivity contribution in [3.8, 4) is 11.1 Å². The molecule has 0 saturated heterocycles. The van der Waals surface area contributed by atoms with Crippen LogP contribution in [0.25, 0.3) is 11.1 Å². The van der Waals surface area contributed by atoms with Gasteiger partial charge in [-0.15, -0.1) is 0 Å². The topological polar surface area (TPSA) is 80.5 Å². The largest absolute Gasteiger partial charge is 0.368 e. The first-order valence-corrected chi connectivity index (χ1v) is 3.85. The summed E-state index contributed by atoms with van der Waals surface area (Å²) in [5.74, 6) is 0.282. The van der Waals surface area contributed by atoms with E-state index in [9.17, 15) is 0 Å². The fraction of sp³-hybridized carbons (Fsp3) is 0.125. The zero-order valence-corrected chi connectivity index (χ0v) is 7.15. The average molecular weight is 175 g/mol. The molecule has 0 atom stereocenters. The standard InChI is InChI=1S/C8H9N5/c1-5-7(4-12-13-5)6-2-10-8(9)11-3-6/h2-4H,1H3,(H,12,13)(H2,9,10,11). The third-order valence-electron chi connectivity index (χ3n) is 1.81. The van der Waals surface area contributed by atoms with E-state index in [-0.39, 0.29) is 5.95 Å². The van der Waals surface area contributed by atoms with E-state index in [4.69, 9.17) is 5.73 Å². The van der Waals surface area contributed by atoms with E-state index in [0.717, 1.165) is 16.8 Å². The second-order valence-electron chi connectivity index (χ2n) is 2.74. The van der Waals surface area contributed by atoms with Crippen LogP contribution in [0.3, 0.4) is 0 Å². The average Bonchev–Trinajstić information content (AvgIpc) is 2.53. The lowest BCUT2D eigenvalue weighted by molar-refractivity contribution is 1.05. The van der Waals surface area contributed by atoms with E-state index in [2.05, 4.69) is 20.2 Å². The molecule has 0 aliphatic heterocycles. The van der Waals surface area contributed by atoms with Gasteiger partial charge in [-0.3, -0.25) is 5.10 Å². The predicted octanol–water partition coefficient (Wildman–Crippen LogP) is 0.757. The Kier molecular flexibility index (Phi) is 1.70. The molecule has 0 radical (unpaired) electrons. The summed E-state index contributed by atoms with van der Waals surface area (Å²) in [7, 11) is 0. The van der Waals surface area contributed by atoms with Gasteiger partial charge in [0.25, 0.3) is 0 Å². The number of nitrogens with two attached hydrogens (primary N) is 1. The van der Waals surface area contributed by atoms with E-state index in [0.29, 0.717) is 0 Å². The monoisotopic (exact) mass is 175 g/mol. The summed E-state index contributed by atoms with van der Waals surface area (Å²) in [6.07, 6.45) is 5.10. The molecule has 3 N–H and O–H groups in total. The molecular formula is C8H9N5. The molecule has 0 fully saturated rings. The molecule has 0 aliphatic rings. The lowest BCUT2D eigenvalue weighted by atomic mass is 10.1. The molecular weight excluding hydrogens is 166 g/mol. The number of H-pyrrole nitrogens is 1. The molecule has 0 aliphatic carbocycles. The molecule has 0 aromatic carbocycles. The van der Waals surface area contributed by atoms with Gasteiger partial charge in [0.1, 0.15) is 0 Å². The van der Waals surface area contributed by atoms with Crippen LogP contribution in [0.4, 0.5) is 5.95 Å². The number of aromatic amines is 1. The number of nitrogen functional groups attached to an aromatic ring is 1. The molecule has 0 bridgehead atoms. The highest BCUT2D eigenvalue weighted by atomic mass is 15.1. The summed E-state index contributed by atoms with van der Waals surface area (Å²) in [5, 5.41) is 6.75. The summed E-state index contributed by atoms with van der Waals surface area (Å²) >= 11 is 0. The quantitative estimate of drug-likeness (QED) is 0.670. The maximum Gasteiger partial charge on any atom is 0.219 e. The van der Waals surface area contributed by atoms with Crippen molar-refractivity contribution in [3.63, 3.8) is 0 Å². The van der Waals surface area contributed by atoms with Gasteiger partial charge in [0.15, 0.2) is 0 Å². The van der Waals surface area contributed by atoms with E-state index < -0.39 is 0 Å². The van der Waals surface area contributed by atoms with Crippen LogP contribution in [0.2, 0.25) is 0 Å². The minimum atomic E-state index is 0.282. The number of hydrogen-bond donors (Lipinski definition) is 2. The Hall–Kier alpha value is -1.91. The van der Waals surface area contributed by atoms with Gasteiger partial charge in [0.2, 0.25) is 5.95 Å². The molecule has 2 heterocycles. The highest BCUT2D eigenvalue weighted by Gasteiger charge is 2.03. The van der Waals surface area contributed by atoms with Crippen molar-refractivity contribution in [3.05, 3.63) is 24.3 Å². The number of hydrogen-bond acceptors (Lipinski definition) is 4. The molecule has 0 unspecified atom stereocenters. The number of nitrogens with one attached hydrogen (secondary N) is 1. The van der Waals surface area contributed by atoms with Crippen molar-refractivity contribution in [2.45, 2.75) is 6.92 Å². The number of aryl methyl sites for hydroxylation is 1. The van der Waals surface area contributed by atoms with Crippen molar-refractivity contribution < 1.29 is 0 Å². The summed E-state index contributed by atoms with van der Waals surface area (Å²) in [5.41, 5.74) is 8.28. The Morgan fingerprint density at radius 1 is 1.23 bits per heavy atom. The van der Waals surface area contributed by atoms with Gasteiger partial charge in [0.05, 0.1) is 6.20 Å². The van der Waals surface area contributed by atoms with Crippen LogP contribution in [-0.4, -0.2) is 20.2 Å². The molecule has 66 valence electrons. The molecule has 0 saturated carbocycles. The summed E-state index contributed by atoms with van der Waals surface area (Å²) in [4.78, 5) is 7.80. The molecule has 0 spiro atoms. The van der Waals surface area contributed by atoms with E-state index >= 15 is 0 Å². The fourth-order valence-electron chi connectivity index (χ4n) is 1.12. The first kappa shape index (κ1) is 7.72. The zero-order valence-electron chi connectivity index (χ0n) is 7.15. The minimum absolute atomic E-state index is 0.282. The second kappa shape index (κ2) is 2.85. The van der Waals surface area contributed by atoms with Crippen molar-refractivity contribution in [2.24, 2.45) is 0 Å². The van der Waals surface area contributed by atoms with Crippen molar-refractivity contribution in [1.29, 1.82) is 0 Å². The van der Waals surface area contributed by atoms with E-state index in [1.54, 1.807) is 18.6 Å². The van der Waals surface area contributed by atoms with E-state index in [1.807, 2.05) is 6.92 Å². The Balaban J connectivity index is 2.47. The number of aromatic nitrogens is 4. The van der Waals surface area contributed by atoms with Gasteiger partial charge in [-0.2, -0.15) is 5.10 Å². The Morgan fingerprint density at radius 3 is 2.46 bits per heavy atom. The highest BCUT2D eigenvalue weighted by Crippen LogP contribution is 2.19. The zero-order chi connectivity index (χ0) is 9.26. The van der Waals surface area contributed by atoms with Crippen LogP contribution in [0.1, 0.15) is 5.69 Å².